The number of rotatable bonds is 4. The molecule has 0 aliphatic carbocycles. The lowest BCUT2D eigenvalue weighted by molar-refractivity contribution is 0.336. The predicted molar refractivity (Wildman–Crippen MR) is 109 cm³/mol. The number of nitrogens with one attached hydrogen (secondary N) is 1. The summed E-state index contributed by atoms with van der Waals surface area (Å²) in [4.78, 5) is 23.5. The molecule has 1 N–H and O–H groups in total. The van der Waals surface area contributed by atoms with Crippen LogP contribution in [-0.4, -0.2) is 36.4 Å². The number of thiazole rings is 2. The van der Waals surface area contributed by atoms with Crippen molar-refractivity contribution in [2.24, 2.45) is 17.4 Å². The fourth-order valence-corrected chi connectivity index (χ4v) is 5.17. The molecule has 0 aromatic carbocycles. The van der Waals surface area contributed by atoms with Crippen molar-refractivity contribution in [1.82, 2.24) is 29.7 Å². The van der Waals surface area contributed by atoms with E-state index in [4.69, 9.17) is 4.98 Å². The first-order chi connectivity index (χ1) is 13.5. The molecular weight excluding hydrogens is 396 g/mol. The van der Waals surface area contributed by atoms with Crippen molar-refractivity contribution in [1.29, 1.82) is 0 Å². The zero-order valence-corrected chi connectivity index (χ0v) is 17.3. The molecule has 0 bridgehead atoms. The fraction of sp³-hybridized carbons (Fsp3) is 0.412. The van der Waals surface area contributed by atoms with Crippen molar-refractivity contribution in [3.05, 3.63) is 37.6 Å². The molecule has 1 aliphatic rings. The zero-order valence-electron chi connectivity index (χ0n) is 15.6. The van der Waals surface area contributed by atoms with E-state index in [0.29, 0.717) is 25.0 Å². The van der Waals surface area contributed by atoms with E-state index in [2.05, 4.69) is 32.8 Å². The number of aromatic nitrogens is 5. The van der Waals surface area contributed by atoms with Crippen LogP contribution in [0, 0.1) is 6.92 Å². The van der Waals surface area contributed by atoms with Crippen LogP contribution in [0.2, 0.25) is 0 Å². The Kier molecular flexibility index (Phi) is 3.85. The third kappa shape index (κ3) is 2.65. The Balaban J connectivity index is 1.57. The highest BCUT2D eigenvalue weighted by Gasteiger charge is 2.30. The molecule has 5 rings (SSSR count). The minimum absolute atomic E-state index is 0.128. The third-order valence-corrected chi connectivity index (χ3v) is 6.92. The maximum Gasteiger partial charge on any atom is 0.291 e. The van der Waals surface area contributed by atoms with Gasteiger partial charge in [-0.05, 0) is 13.8 Å². The van der Waals surface area contributed by atoms with Gasteiger partial charge in [-0.3, -0.25) is 10.2 Å². The second-order valence-electron chi connectivity index (χ2n) is 7.29. The van der Waals surface area contributed by atoms with E-state index < -0.39 is 5.54 Å². The lowest BCUT2D eigenvalue weighted by Gasteiger charge is -2.21. The lowest BCUT2D eigenvalue weighted by atomic mass is 10.1. The molecule has 1 unspecified atom stereocenters. The summed E-state index contributed by atoms with van der Waals surface area (Å²) in [5.41, 5.74) is 6.79. The van der Waals surface area contributed by atoms with Gasteiger partial charge >= 0.3 is 0 Å². The molecular formula is C17H18N8OS2. The molecule has 144 valence electrons. The Bertz CT molecular complexity index is 1290. The van der Waals surface area contributed by atoms with E-state index >= 15 is 0 Å². The molecule has 0 saturated heterocycles. The van der Waals surface area contributed by atoms with Gasteiger partial charge in [-0.15, -0.1) is 22.7 Å². The highest BCUT2D eigenvalue weighted by atomic mass is 32.1. The van der Waals surface area contributed by atoms with Gasteiger partial charge in [0.25, 0.3) is 5.56 Å². The molecule has 9 nitrogen and oxygen atoms in total. The maximum atomic E-state index is 13.1. The van der Waals surface area contributed by atoms with Crippen LogP contribution in [-0.2, 0) is 20.0 Å². The summed E-state index contributed by atoms with van der Waals surface area (Å²) in [6.07, 6.45) is 2.47. The largest absolute Gasteiger partial charge is 0.323 e. The van der Waals surface area contributed by atoms with E-state index in [9.17, 15) is 4.79 Å². The molecule has 1 atom stereocenters. The average molecular weight is 415 g/mol. The molecule has 4 aromatic rings. The summed E-state index contributed by atoms with van der Waals surface area (Å²) < 4.78 is 4.35. The Morgan fingerprint density at radius 2 is 2.25 bits per heavy atom. The Morgan fingerprint density at radius 1 is 1.39 bits per heavy atom. The summed E-state index contributed by atoms with van der Waals surface area (Å²) in [5.74, 6) is 0. The van der Waals surface area contributed by atoms with E-state index in [1.54, 1.807) is 28.9 Å². The van der Waals surface area contributed by atoms with E-state index in [0.717, 1.165) is 26.4 Å². The van der Waals surface area contributed by atoms with E-state index in [-0.39, 0.29) is 5.56 Å². The molecule has 0 spiro atoms. The van der Waals surface area contributed by atoms with Crippen LogP contribution < -0.4 is 11.0 Å². The summed E-state index contributed by atoms with van der Waals surface area (Å²) >= 11 is 3.25. The molecule has 11 heteroatoms. The number of nitrogens with zero attached hydrogens (tertiary/aromatic N) is 7. The molecule has 0 fully saturated rings. The van der Waals surface area contributed by atoms with E-state index in [1.807, 2.05) is 24.0 Å². The van der Waals surface area contributed by atoms with Gasteiger partial charge in [-0.25, -0.2) is 14.6 Å². The quantitative estimate of drug-likeness (QED) is 0.552. The Labute approximate surface area is 167 Å². The number of aryl methyl sites for hydroxylation is 2. The second kappa shape index (κ2) is 6.17. The molecule has 0 amide bonds. The average Bonchev–Trinajstić information content (AvgIpc) is 3.41. The topological polar surface area (TPSA) is 102 Å². The Morgan fingerprint density at radius 3 is 2.96 bits per heavy atom. The number of hydrogen-bond donors (Lipinski definition) is 1. The van der Waals surface area contributed by atoms with Crippen molar-refractivity contribution in [2.45, 2.75) is 32.4 Å². The maximum absolute atomic E-state index is 13.1. The smallest absolute Gasteiger partial charge is 0.291 e. The summed E-state index contributed by atoms with van der Waals surface area (Å²) in [7, 11) is 1.88. The molecule has 5 heterocycles. The van der Waals surface area contributed by atoms with Crippen molar-refractivity contribution < 1.29 is 0 Å². The van der Waals surface area contributed by atoms with Gasteiger partial charge in [0.15, 0.2) is 5.65 Å². The molecule has 1 aliphatic heterocycles. The van der Waals surface area contributed by atoms with Crippen LogP contribution in [0.5, 0.6) is 0 Å². The SMILES string of the molecule is Cc1scnc1Cc1nc2c(s1)c1cnn(CC3(C)CN=NN3)c(=O)c1n2C. The zero-order chi connectivity index (χ0) is 19.5. The minimum atomic E-state index is -0.399. The van der Waals surface area contributed by atoms with Crippen molar-refractivity contribution in [2.75, 3.05) is 6.54 Å². The second-order valence-corrected chi connectivity index (χ2v) is 9.44. The first kappa shape index (κ1) is 17.4. The summed E-state index contributed by atoms with van der Waals surface area (Å²) in [5, 5.41) is 14.0. The monoisotopic (exact) mass is 414 g/mol. The van der Waals surface area contributed by atoms with Gasteiger partial charge < -0.3 is 4.57 Å². The standard InChI is InChI=1S/C17H18N8OS2/c1-9-11(18-8-27-9)4-12-21-15-14(28-12)10-5-20-25(16(26)13(10)24(15)3)7-17(2)6-19-23-22-17/h5,8H,4,6-7H2,1-3H3,(H,19,22). The molecule has 0 saturated carbocycles. The first-order valence-corrected chi connectivity index (χ1v) is 10.5. The summed E-state index contributed by atoms with van der Waals surface area (Å²) in [6.45, 7) is 4.96. The van der Waals surface area contributed by atoms with Gasteiger partial charge in [0, 0.05) is 23.7 Å². The Hall–Kier alpha value is -2.66. The molecule has 4 aromatic heterocycles. The van der Waals surface area contributed by atoms with Crippen molar-refractivity contribution >= 4 is 43.9 Å². The van der Waals surface area contributed by atoms with E-state index in [1.165, 1.54) is 9.56 Å². The lowest BCUT2D eigenvalue weighted by Crippen LogP contribution is -2.45. The van der Waals surface area contributed by atoms with Crippen molar-refractivity contribution in [3.63, 3.8) is 0 Å². The van der Waals surface area contributed by atoms with Crippen LogP contribution >= 0.6 is 22.7 Å². The normalized spacial score (nSPS) is 19.1. The number of fused-ring (bicyclic) bond motifs is 3. The number of hydrogen-bond acceptors (Lipinski definition) is 9. The fourth-order valence-electron chi connectivity index (χ4n) is 3.46. The highest BCUT2D eigenvalue weighted by Crippen LogP contribution is 2.32. The van der Waals surface area contributed by atoms with Gasteiger partial charge in [0.2, 0.25) is 0 Å². The van der Waals surface area contributed by atoms with Gasteiger partial charge in [0.05, 0.1) is 40.7 Å². The van der Waals surface area contributed by atoms with Crippen molar-refractivity contribution in [3.8, 4) is 0 Å². The molecule has 28 heavy (non-hydrogen) atoms. The van der Waals surface area contributed by atoms with Gasteiger partial charge in [-0.2, -0.15) is 10.2 Å². The predicted octanol–water partition coefficient (Wildman–Crippen LogP) is 2.43. The molecule has 0 radical (unpaired) electrons. The van der Waals surface area contributed by atoms with Crippen LogP contribution in [0.1, 0.15) is 22.5 Å². The van der Waals surface area contributed by atoms with Crippen LogP contribution in [0.15, 0.2) is 26.8 Å². The van der Waals surface area contributed by atoms with Gasteiger partial charge in [0.1, 0.15) is 10.5 Å². The van der Waals surface area contributed by atoms with Crippen LogP contribution in [0.25, 0.3) is 21.3 Å². The third-order valence-electron chi connectivity index (χ3n) is 5.04. The minimum Gasteiger partial charge on any atom is -0.323 e. The summed E-state index contributed by atoms with van der Waals surface area (Å²) in [6, 6.07) is 0. The first-order valence-electron chi connectivity index (χ1n) is 8.82. The van der Waals surface area contributed by atoms with Crippen LogP contribution in [0.4, 0.5) is 0 Å². The van der Waals surface area contributed by atoms with Crippen LogP contribution in [0.3, 0.4) is 0 Å². The van der Waals surface area contributed by atoms with Gasteiger partial charge in [-0.1, -0.05) is 5.22 Å². The highest BCUT2D eigenvalue weighted by molar-refractivity contribution is 7.19.